The van der Waals surface area contributed by atoms with E-state index in [1.807, 2.05) is 25.5 Å². The summed E-state index contributed by atoms with van der Waals surface area (Å²) >= 11 is 0. The molecule has 0 amide bonds. The summed E-state index contributed by atoms with van der Waals surface area (Å²) in [5, 5.41) is 11.6. The topological polar surface area (TPSA) is 70.8 Å². The number of methoxy groups -OCH3 is 1. The third-order valence-corrected chi connectivity index (χ3v) is 5.91. The maximum Gasteiger partial charge on any atom is 0.194 e. The second-order valence-electron chi connectivity index (χ2n) is 7.89. The molecule has 2 aromatic rings. The van der Waals surface area contributed by atoms with Crippen molar-refractivity contribution in [1.82, 2.24) is 29.9 Å². The van der Waals surface area contributed by atoms with Gasteiger partial charge in [0.15, 0.2) is 11.8 Å². The van der Waals surface area contributed by atoms with Gasteiger partial charge >= 0.3 is 0 Å². The second kappa shape index (κ2) is 13.1. The van der Waals surface area contributed by atoms with E-state index in [1.165, 1.54) is 6.07 Å². The summed E-state index contributed by atoms with van der Waals surface area (Å²) in [6.45, 7) is 8.58. The summed E-state index contributed by atoms with van der Waals surface area (Å²) in [6, 6.07) is 3.78. The van der Waals surface area contributed by atoms with Gasteiger partial charge in [-0.1, -0.05) is 13.0 Å². The number of aryl methyl sites for hydroxylation is 1. The van der Waals surface area contributed by atoms with Crippen LogP contribution in [0.25, 0.3) is 0 Å². The van der Waals surface area contributed by atoms with E-state index in [4.69, 9.17) is 9.73 Å². The minimum Gasteiger partial charge on any atom is -0.383 e. The fourth-order valence-corrected chi connectivity index (χ4v) is 3.96. The van der Waals surface area contributed by atoms with E-state index >= 15 is 0 Å². The van der Waals surface area contributed by atoms with E-state index in [0.29, 0.717) is 25.3 Å². The van der Waals surface area contributed by atoms with Crippen molar-refractivity contribution in [2.75, 3.05) is 46.4 Å². The fourth-order valence-electron chi connectivity index (χ4n) is 3.96. The van der Waals surface area contributed by atoms with Crippen LogP contribution in [0.3, 0.4) is 0 Å². The molecule has 0 saturated carbocycles. The number of nitrogens with zero attached hydrogens (tertiary/aromatic N) is 6. The Labute approximate surface area is 211 Å². The molecule has 1 saturated heterocycles. The molecule has 0 radical (unpaired) electrons. The SMILES string of the molecule is CCC(c1ccc(F)cc1F)N1CCN(C(=NCc2nnc(C)n2C)NCCOC)CC1.I. The van der Waals surface area contributed by atoms with E-state index < -0.39 is 11.6 Å². The number of hydrogen-bond donors (Lipinski definition) is 1. The average molecular weight is 577 g/mol. The third kappa shape index (κ3) is 7.06. The van der Waals surface area contributed by atoms with Crippen LogP contribution in [0.2, 0.25) is 0 Å². The van der Waals surface area contributed by atoms with Crippen molar-refractivity contribution in [3.63, 3.8) is 0 Å². The lowest BCUT2D eigenvalue weighted by Crippen LogP contribution is -2.53. The molecule has 0 bridgehead atoms. The molecule has 0 spiro atoms. The van der Waals surface area contributed by atoms with Crippen LogP contribution in [0.5, 0.6) is 0 Å². The Balaban J connectivity index is 0.00000385. The van der Waals surface area contributed by atoms with E-state index in [2.05, 4.69) is 25.3 Å². The van der Waals surface area contributed by atoms with Gasteiger partial charge in [0.25, 0.3) is 0 Å². The van der Waals surface area contributed by atoms with Gasteiger partial charge in [0, 0.05) is 64.6 Å². The van der Waals surface area contributed by atoms with Crippen molar-refractivity contribution in [3.05, 3.63) is 47.0 Å². The first kappa shape index (κ1) is 27.4. The number of hydrogen-bond acceptors (Lipinski definition) is 5. The average Bonchev–Trinajstić information content (AvgIpc) is 3.11. The first-order chi connectivity index (χ1) is 15.4. The summed E-state index contributed by atoms with van der Waals surface area (Å²) in [4.78, 5) is 9.22. The summed E-state index contributed by atoms with van der Waals surface area (Å²) < 4.78 is 34.8. The largest absolute Gasteiger partial charge is 0.383 e. The summed E-state index contributed by atoms with van der Waals surface area (Å²) in [5.74, 6) is 1.40. The fraction of sp³-hybridized carbons (Fsp3) is 0.591. The van der Waals surface area contributed by atoms with Gasteiger partial charge < -0.3 is 19.5 Å². The number of benzene rings is 1. The first-order valence-corrected chi connectivity index (χ1v) is 11.0. The number of halogens is 3. The van der Waals surface area contributed by atoms with E-state index in [0.717, 1.165) is 56.3 Å². The van der Waals surface area contributed by atoms with Gasteiger partial charge in [-0.25, -0.2) is 13.8 Å². The minimum absolute atomic E-state index is 0. The molecule has 0 aliphatic carbocycles. The van der Waals surface area contributed by atoms with E-state index in [9.17, 15) is 8.78 Å². The first-order valence-electron chi connectivity index (χ1n) is 11.0. The highest BCUT2D eigenvalue weighted by molar-refractivity contribution is 14.0. The van der Waals surface area contributed by atoms with Crippen LogP contribution in [-0.4, -0.2) is 77.0 Å². The van der Waals surface area contributed by atoms with Crippen LogP contribution >= 0.6 is 24.0 Å². The molecule has 1 fully saturated rings. The number of aromatic nitrogens is 3. The molecule has 1 aliphatic rings. The molecule has 33 heavy (non-hydrogen) atoms. The van der Waals surface area contributed by atoms with Crippen LogP contribution in [0, 0.1) is 18.6 Å². The molecule has 1 aromatic heterocycles. The van der Waals surface area contributed by atoms with Crippen molar-refractivity contribution >= 4 is 29.9 Å². The standard InChI is InChI=1S/C22H33F2N7O.HI/c1-5-20(18-7-6-17(23)14-19(18)24)30-9-11-31(12-10-30)22(25-8-13-32-4)26-15-21-28-27-16(2)29(21)3;/h6-7,14,20H,5,8-13,15H2,1-4H3,(H,25,26);1H. The minimum atomic E-state index is -0.549. The predicted molar refractivity (Wildman–Crippen MR) is 135 cm³/mol. The summed E-state index contributed by atoms with van der Waals surface area (Å²) in [6.07, 6.45) is 0.751. The van der Waals surface area contributed by atoms with E-state index in [1.54, 1.807) is 13.2 Å². The lowest BCUT2D eigenvalue weighted by molar-refractivity contribution is 0.124. The summed E-state index contributed by atoms with van der Waals surface area (Å²) in [5.41, 5.74) is 0.548. The molecule has 8 nitrogen and oxygen atoms in total. The predicted octanol–water partition coefficient (Wildman–Crippen LogP) is 2.88. The molecule has 1 unspecified atom stereocenters. The molecule has 2 heterocycles. The van der Waals surface area contributed by atoms with Gasteiger partial charge in [-0.2, -0.15) is 0 Å². The Kier molecular flexibility index (Phi) is 10.9. The Morgan fingerprint density at radius 2 is 1.94 bits per heavy atom. The maximum absolute atomic E-state index is 14.4. The highest BCUT2D eigenvalue weighted by Gasteiger charge is 2.27. The number of piperazine rings is 1. The molecule has 11 heteroatoms. The van der Waals surface area contributed by atoms with Crippen molar-refractivity contribution in [2.24, 2.45) is 12.0 Å². The highest BCUT2D eigenvalue weighted by atomic mass is 127. The van der Waals surface area contributed by atoms with Gasteiger partial charge in [-0.05, 0) is 19.4 Å². The lowest BCUT2D eigenvalue weighted by Gasteiger charge is -2.40. The number of guanidine groups is 1. The number of nitrogens with one attached hydrogen (secondary N) is 1. The van der Waals surface area contributed by atoms with Crippen LogP contribution < -0.4 is 5.32 Å². The van der Waals surface area contributed by atoms with Crippen molar-refractivity contribution in [3.8, 4) is 0 Å². The maximum atomic E-state index is 14.4. The number of ether oxygens (including phenoxy) is 1. The Morgan fingerprint density at radius 3 is 2.52 bits per heavy atom. The lowest BCUT2D eigenvalue weighted by atomic mass is 10.0. The molecule has 3 rings (SSSR count). The normalized spacial score (nSPS) is 15.9. The monoisotopic (exact) mass is 577 g/mol. The second-order valence-corrected chi connectivity index (χ2v) is 7.89. The van der Waals surface area contributed by atoms with Gasteiger partial charge in [0.05, 0.1) is 6.61 Å². The quantitative estimate of drug-likeness (QED) is 0.225. The van der Waals surface area contributed by atoms with Gasteiger partial charge in [0.1, 0.15) is 24.0 Å². The van der Waals surface area contributed by atoms with Crippen LogP contribution in [0.4, 0.5) is 8.78 Å². The molecule has 1 N–H and O–H groups in total. The van der Waals surface area contributed by atoms with Gasteiger partial charge in [0.2, 0.25) is 0 Å². The molecule has 1 aliphatic heterocycles. The molecular weight excluding hydrogens is 543 g/mol. The van der Waals surface area contributed by atoms with Crippen molar-refractivity contribution in [2.45, 2.75) is 32.9 Å². The Hall–Kier alpha value is -1.86. The third-order valence-electron chi connectivity index (χ3n) is 5.91. The highest BCUT2D eigenvalue weighted by Crippen LogP contribution is 2.28. The smallest absolute Gasteiger partial charge is 0.194 e. The van der Waals surface area contributed by atoms with Crippen molar-refractivity contribution < 1.29 is 13.5 Å². The van der Waals surface area contributed by atoms with Crippen LogP contribution in [-0.2, 0) is 18.3 Å². The molecule has 184 valence electrons. The van der Waals surface area contributed by atoms with Gasteiger partial charge in [-0.3, -0.25) is 4.90 Å². The zero-order valence-electron chi connectivity index (χ0n) is 19.7. The summed E-state index contributed by atoms with van der Waals surface area (Å²) in [7, 11) is 3.59. The van der Waals surface area contributed by atoms with E-state index in [-0.39, 0.29) is 30.0 Å². The Morgan fingerprint density at radius 1 is 1.21 bits per heavy atom. The molecule has 1 aromatic carbocycles. The van der Waals surface area contributed by atoms with Crippen LogP contribution in [0.15, 0.2) is 23.2 Å². The molecular formula is C22H34F2IN7O. The Bertz CT molecular complexity index is 916. The zero-order valence-corrected chi connectivity index (χ0v) is 22.1. The number of aliphatic imine (C=N–C) groups is 1. The molecule has 1 atom stereocenters. The zero-order chi connectivity index (χ0) is 23.1. The number of rotatable bonds is 8. The van der Waals surface area contributed by atoms with Crippen molar-refractivity contribution in [1.29, 1.82) is 0 Å². The van der Waals surface area contributed by atoms with Crippen LogP contribution in [0.1, 0.15) is 36.6 Å². The van der Waals surface area contributed by atoms with Gasteiger partial charge in [-0.15, -0.1) is 34.2 Å².